The van der Waals surface area contributed by atoms with E-state index in [0.717, 1.165) is 17.8 Å². The number of para-hydroxylation sites is 1. The fourth-order valence-electron chi connectivity index (χ4n) is 3.31. The van der Waals surface area contributed by atoms with Crippen LogP contribution < -0.4 is 5.32 Å². The third-order valence-electron chi connectivity index (χ3n) is 4.14. The molecule has 1 unspecified atom stereocenters. The molecule has 0 spiro atoms. The summed E-state index contributed by atoms with van der Waals surface area (Å²) < 4.78 is 0. The predicted octanol–water partition coefficient (Wildman–Crippen LogP) is 3.29. The average molecular weight is 232 g/mol. The van der Waals surface area contributed by atoms with E-state index in [2.05, 4.69) is 5.32 Å². The highest BCUT2D eigenvalue weighted by atomic mass is 16.6. The molecule has 1 aromatic rings. The topological polar surface area (TPSA) is 55.2 Å². The van der Waals surface area contributed by atoms with Crippen molar-refractivity contribution in [1.29, 1.82) is 0 Å². The fourth-order valence-corrected chi connectivity index (χ4v) is 3.31. The van der Waals surface area contributed by atoms with E-state index in [1.54, 1.807) is 6.07 Å². The summed E-state index contributed by atoms with van der Waals surface area (Å²) in [7, 11) is 0. The lowest BCUT2D eigenvalue weighted by Crippen LogP contribution is -2.11. The molecule has 1 saturated carbocycles. The van der Waals surface area contributed by atoms with Crippen molar-refractivity contribution in [2.24, 2.45) is 5.92 Å². The highest BCUT2D eigenvalue weighted by Crippen LogP contribution is 2.46. The number of nitro benzene ring substituents is 1. The van der Waals surface area contributed by atoms with Crippen molar-refractivity contribution < 1.29 is 4.92 Å². The first kappa shape index (κ1) is 10.6. The molecule has 4 heteroatoms. The number of hydrogen-bond donors (Lipinski definition) is 1. The van der Waals surface area contributed by atoms with Gasteiger partial charge in [0, 0.05) is 18.5 Å². The average Bonchev–Trinajstić information content (AvgIpc) is 2.96. The molecule has 17 heavy (non-hydrogen) atoms. The van der Waals surface area contributed by atoms with Crippen LogP contribution in [0.15, 0.2) is 18.2 Å². The number of anilines is 1. The van der Waals surface area contributed by atoms with Gasteiger partial charge in [-0.05, 0) is 24.3 Å². The maximum atomic E-state index is 11.0. The van der Waals surface area contributed by atoms with Gasteiger partial charge in [0.25, 0.3) is 5.69 Å². The second-order valence-corrected chi connectivity index (χ2v) is 5.03. The van der Waals surface area contributed by atoms with E-state index in [0.29, 0.717) is 11.8 Å². The SMILES string of the molecule is O=[N+]([O-])c1cccc2c1NCC2C1CCCC1. The Bertz CT molecular complexity index is 453. The Balaban J connectivity index is 1.97. The van der Waals surface area contributed by atoms with E-state index >= 15 is 0 Å². The third-order valence-corrected chi connectivity index (χ3v) is 4.14. The van der Waals surface area contributed by atoms with Crippen molar-refractivity contribution in [2.45, 2.75) is 31.6 Å². The zero-order valence-corrected chi connectivity index (χ0v) is 9.69. The molecular formula is C13H16N2O2. The first-order valence-corrected chi connectivity index (χ1v) is 6.28. The molecule has 3 rings (SSSR count). The monoisotopic (exact) mass is 232 g/mol. The molecule has 1 aliphatic heterocycles. The lowest BCUT2D eigenvalue weighted by molar-refractivity contribution is -0.383. The Kier molecular flexibility index (Phi) is 2.50. The summed E-state index contributed by atoms with van der Waals surface area (Å²) in [6.07, 6.45) is 5.17. The Morgan fingerprint density at radius 3 is 2.76 bits per heavy atom. The van der Waals surface area contributed by atoms with Crippen molar-refractivity contribution in [2.75, 3.05) is 11.9 Å². The van der Waals surface area contributed by atoms with Gasteiger partial charge in [-0.2, -0.15) is 0 Å². The van der Waals surface area contributed by atoms with E-state index in [-0.39, 0.29) is 10.6 Å². The van der Waals surface area contributed by atoms with Crippen LogP contribution in [0.2, 0.25) is 0 Å². The van der Waals surface area contributed by atoms with Gasteiger partial charge >= 0.3 is 0 Å². The second-order valence-electron chi connectivity index (χ2n) is 5.03. The first-order chi connectivity index (χ1) is 8.27. The molecule has 1 aliphatic carbocycles. The van der Waals surface area contributed by atoms with Gasteiger partial charge < -0.3 is 5.32 Å². The van der Waals surface area contributed by atoms with Crippen molar-refractivity contribution >= 4 is 11.4 Å². The summed E-state index contributed by atoms with van der Waals surface area (Å²) >= 11 is 0. The molecule has 0 bridgehead atoms. The summed E-state index contributed by atoms with van der Waals surface area (Å²) in [5.74, 6) is 1.19. The van der Waals surface area contributed by atoms with E-state index in [4.69, 9.17) is 0 Å². The van der Waals surface area contributed by atoms with E-state index in [1.165, 1.54) is 25.7 Å². The number of hydrogen-bond acceptors (Lipinski definition) is 3. The van der Waals surface area contributed by atoms with E-state index in [9.17, 15) is 10.1 Å². The molecular weight excluding hydrogens is 216 g/mol. The number of nitrogens with one attached hydrogen (secondary N) is 1. The van der Waals surface area contributed by atoms with Crippen molar-refractivity contribution in [3.05, 3.63) is 33.9 Å². The Morgan fingerprint density at radius 2 is 2.06 bits per heavy atom. The standard InChI is InChI=1S/C13H16N2O2/c16-15(17)12-7-3-6-10-11(8-14-13(10)12)9-4-1-2-5-9/h3,6-7,9,11,14H,1-2,4-5,8H2. The molecule has 0 aromatic heterocycles. The quantitative estimate of drug-likeness (QED) is 0.628. The third kappa shape index (κ3) is 1.68. The van der Waals surface area contributed by atoms with Gasteiger partial charge in [-0.25, -0.2) is 0 Å². The Hall–Kier alpha value is -1.58. The lowest BCUT2D eigenvalue weighted by atomic mass is 9.86. The molecule has 1 fully saturated rings. The number of nitro groups is 1. The molecule has 1 aromatic carbocycles. The summed E-state index contributed by atoms with van der Waals surface area (Å²) in [4.78, 5) is 10.7. The molecule has 0 amide bonds. The van der Waals surface area contributed by atoms with Crippen molar-refractivity contribution in [3.8, 4) is 0 Å². The number of rotatable bonds is 2. The largest absolute Gasteiger partial charge is 0.379 e. The van der Waals surface area contributed by atoms with E-state index in [1.807, 2.05) is 12.1 Å². The summed E-state index contributed by atoms with van der Waals surface area (Å²) in [6.45, 7) is 0.866. The van der Waals surface area contributed by atoms with Crippen molar-refractivity contribution in [3.63, 3.8) is 0 Å². The minimum Gasteiger partial charge on any atom is -0.379 e. The maximum absolute atomic E-state index is 11.0. The lowest BCUT2D eigenvalue weighted by Gasteiger charge is -2.17. The molecule has 0 saturated heterocycles. The smallest absolute Gasteiger partial charge is 0.292 e. The van der Waals surface area contributed by atoms with Crippen LogP contribution in [0, 0.1) is 16.0 Å². The highest BCUT2D eigenvalue weighted by Gasteiger charge is 2.34. The van der Waals surface area contributed by atoms with Gasteiger partial charge in [-0.15, -0.1) is 0 Å². The van der Waals surface area contributed by atoms with Crippen LogP contribution in [0.4, 0.5) is 11.4 Å². The van der Waals surface area contributed by atoms with Crippen LogP contribution >= 0.6 is 0 Å². The van der Waals surface area contributed by atoms with Gasteiger partial charge in [-0.3, -0.25) is 10.1 Å². The molecule has 1 N–H and O–H groups in total. The number of fused-ring (bicyclic) bond motifs is 1. The Labute approximate surface area is 100 Å². The van der Waals surface area contributed by atoms with Crippen LogP contribution in [0.3, 0.4) is 0 Å². The molecule has 90 valence electrons. The van der Waals surface area contributed by atoms with E-state index < -0.39 is 0 Å². The molecule has 1 heterocycles. The second kappa shape index (κ2) is 4.02. The highest BCUT2D eigenvalue weighted by molar-refractivity contribution is 5.70. The van der Waals surface area contributed by atoms with Gasteiger partial charge in [0.15, 0.2) is 0 Å². The van der Waals surface area contributed by atoms with Crippen molar-refractivity contribution in [1.82, 2.24) is 0 Å². The van der Waals surface area contributed by atoms with Gasteiger partial charge in [-0.1, -0.05) is 25.0 Å². The normalized spacial score (nSPS) is 23.4. The Morgan fingerprint density at radius 1 is 1.29 bits per heavy atom. The molecule has 0 radical (unpaired) electrons. The van der Waals surface area contributed by atoms with Crippen LogP contribution in [0.1, 0.15) is 37.2 Å². The first-order valence-electron chi connectivity index (χ1n) is 6.28. The summed E-state index contributed by atoms with van der Waals surface area (Å²) in [6, 6.07) is 5.44. The molecule has 4 nitrogen and oxygen atoms in total. The number of nitrogens with zero attached hydrogens (tertiary/aromatic N) is 1. The minimum absolute atomic E-state index is 0.225. The zero-order chi connectivity index (χ0) is 11.8. The van der Waals surface area contributed by atoms with Crippen LogP contribution in [-0.2, 0) is 0 Å². The zero-order valence-electron chi connectivity index (χ0n) is 9.69. The van der Waals surface area contributed by atoms with Crippen LogP contribution in [0.5, 0.6) is 0 Å². The van der Waals surface area contributed by atoms with Gasteiger partial charge in [0.1, 0.15) is 5.69 Å². The maximum Gasteiger partial charge on any atom is 0.292 e. The van der Waals surface area contributed by atoms with Crippen LogP contribution in [-0.4, -0.2) is 11.5 Å². The summed E-state index contributed by atoms with van der Waals surface area (Å²) in [5, 5.41) is 14.2. The molecule has 2 aliphatic rings. The van der Waals surface area contributed by atoms with Crippen LogP contribution in [0.25, 0.3) is 0 Å². The fraction of sp³-hybridized carbons (Fsp3) is 0.538. The molecule has 1 atom stereocenters. The number of benzene rings is 1. The minimum atomic E-state index is -0.289. The van der Waals surface area contributed by atoms with Gasteiger partial charge in [0.2, 0.25) is 0 Å². The summed E-state index contributed by atoms with van der Waals surface area (Å²) in [5.41, 5.74) is 2.14. The van der Waals surface area contributed by atoms with Gasteiger partial charge in [0.05, 0.1) is 4.92 Å². The predicted molar refractivity (Wildman–Crippen MR) is 66.3 cm³/mol.